The number of likely N-dealkylation sites (N-methyl/N-ethyl adjacent to an activating group) is 1. The Kier molecular flexibility index (Phi) is 6.07. The molecule has 0 aliphatic heterocycles. The van der Waals surface area contributed by atoms with E-state index in [-0.39, 0.29) is 10.9 Å². The Bertz CT molecular complexity index is 508. The average Bonchev–Trinajstić information content (AvgIpc) is 2.26. The maximum Gasteiger partial charge on any atom is 0.241 e. The Balaban J connectivity index is 2.80. The highest BCUT2D eigenvalue weighted by Crippen LogP contribution is 2.25. The van der Waals surface area contributed by atoms with Crippen LogP contribution in [0.25, 0.3) is 0 Å². The molecule has 1 aromatic carbocycles. The van der Waals surface area contributed by atoms with Gasteiger partial charge in [0.1, 0.15) is 0 Å². The molecule has 0 radical (unpaired) electrons. The van der Waals surface area contributed by atoms with E-state index in [9.17, 15) is 8.42 Å². The zero-order valence-electron chi connectivity index (χ0n) is 10.2. The van der Waals surface area contributed by atoms with Crippen LogP contribution >= 0.6 is 27.5 Å². The van der Waals surface area contributed by atoms with Crippen LogP contribution in [0.2, 0.25) is 5.02 Å². The topological polar surface area (TPSA) is 58.2 Å². The lowest BCUT2D eigenvalue weighted by Crippen LogP contribution is -2.38. The molecule has 0 aliphatic carbocycles. The van der Waals surface area contributed by atoms with Gasteiger partial charge >= 0.3 is 0 Å². The third-order valence-electron chi connectivity index (χ3n) is 2.32. The number of halogens is 2. The van der Waals surface area contributed by atoms with Gasteiger partial charge < -0.3 is 5.32 Å². The lowest BCUT2D eigenvalue weighted by atomic mass is 10.3. The minimum Gasteiger partial charge on any atom is -0.313 e. The minimum atomic E-state index is -3.52. The SMILES string of the molecule is CCN[C@H](C)CNS(=O)(=O)c1ccc(Cl)cc1Br. The molecular formula is C11H16BrClN2O2S. The van der Waals surface area contributed by atoms with Crippen LogP contribution in [0, 0.1) is 0 Å². The molecule has 1 atom stereocenters. The smallest absolute Gasteiger partial charge is 0.241 e. The van der Waals surface area contributed by atoms with Crippen LogP contribution in [0.5, 0.6) is 0 Å². The molecular weight excluding hydrogens is 340 g/mol. The van der Waals surface area contributed by atoms with E-state index in [1.165, 1.54) is 6.07 Å². The Labute approximate surface area is 121 Å². The highest BCUT2D eigenvalue weighted by atomic mass is 79.9. The third kappa shape index (κ3) is 4.51. The summed E-state index contributed by atoms with van der Waals surface area (Å²) in [5.41, 5.74) is 0. The number of rotatable bonds is 6. The summed E-state index contributed by atoms with van der Waals surface area (Å²) in [6.07, 6.45) is 0. The lowest BCUT2D eigenvalue weighted by Gasteiger charge is -2.14. The molecule has 18 heavy (non-hydrogen) atoms. The molecule has 0 heterocycles. The second-order valence-corrected chi connectivity index (χ2v) is 6.91. The van der Waals surface area contributed by atoms with E-state index in [4.69, 9.17) is 11.6 Å². The van der Waals surface area contributed by atoms with E-state index in [0.717, 1.165) is 6.54 Å². The minimum absolute atomic E-state index is 0.0795. The summed E-state index contributed by atoms with van der Waals surface area (Å²) in [5.74, 6) is 0. The molecule has 0 saturated heterocycles. The Morgan fingerprint density at radius 2 is 2.11 bits per heavy atom. The van der Waals surface area contributed by atoms with E-state index in [2.05, 4.69) is 26.0 Å². The molecule has 0 amide bonds. The molecule has 1 rings (SSSR count). The molecule has 0 spiro atoms. The average molecular weight is 356 g/mol. The fourth-order valence-corrected chi connectivity index (χ4v) is 3.94. The molecule has 0 unspecified atom stereocenters. The van der Waals surface area contributed by atoms with Crippen molar-refractivity contribution in [2.45, 2.75) is 24.8 Å². The first-order chi connectivity index (χ1) is 8.36. The van der Waals surface area contributed by atoms with Crippen molar-refractivity contribution in [3.63, 3.8) is 0 Å². The molecule has 0 fully saturated rings. The van der Waals surface area contributed by atoms with Crippen molar-refractivity contribution in [3.8, 4) is 0 Å². The van der Waals surface area contributed by atoms with Gasteiger partial charge in [0.15, 0.2) is 0 Å². The maximum atomic E-state index is 12.1. The van der Waals surface area contributed by atoms with Gasteiger partial charge in [-0.2, -0.15) is 0 Å². The highest BCUT2D eigenvalue weighted by molar-refractivity contribution is 9.10. The largest absolute Gasteiger partial charge is 0.313 e. The molecule has 7 heteroatoms. The van der Waals surface area contributed by atoms with E-state index in [0.29, 0.717) is 16.0 Å². The Morgan fingerprint density at radius 3 is 2.67 bits per heavy atom. The van der Waals surface area contributed by atoms with E-state index < -0.39 is 10.0 Å². The maximum absolute atomic E-state index is 12.1. The lowest BCUT2D eigenvalue weighted by molar-refractivity contribution is 0.536. The van der Waals surface area contributed by atoms with Gasteiger partial charge in [0.25, 0.3) is 0 Å². The highest BCUT2D eigenvalue weighted by Gasteiger charge is 2.18. The normalized spacial score (nSPS) is 13.6. The zero-order chi connectivity index (χ0) is 13.8. The predicted octanol–water partition coefficient (Wildman–Crippen LogP) is 2.38. The summed E-state index contributed by atoms with van der Waals surface area (Å²) in [7, 11) is -3.52. The van der Waals surface area contributed by atoms with Gasteiger partial charge in [-0.25, -0.2) is 13.1 Å². The zero-order valence-corrected chi connectivity index (χ0v) is 13.4. The second-order valence-electron chi connectivity index (χ2n) is 3.89. The molecule has 0 aliphatic rings. The first kappa shape index (κ1) is 15.9. The molecule has 102 valence electrons. The summed E-state index contributed by atoms with van der Waals surface area (Å²) in [4.78, 5) is 0.190. The standard InChI is InChI=1S/C11H16BrClN2O2S/c1-3-14-8(2)7-15-18(16,17)11-5-4-9(13)6-10(11)12/h4-6,8,14-15H,3,7H2,1-2H3/t8-/m1/s1. The van der Waals surface area contributed by atoms with Crippen molar-refractivity contribution >= 4 is 37.6 Å². The van der Waals surface area contributed by atoms with Crippen LogP contribution in [0.15, 0.2) is 27.6 Å². The molecule has 0 aromatic heterocycles. The number of benzene rings is 1. The van der Waals surface area contributed by atoms with Crippen LogP contribution in [0.1, 0.15) is 13.8 Å². The first-order valence-corrected chi connectivity index (χ1v) is 8.20. The van der Waals surface area contributed by atoms with Crippen molar-refractivity contribution in [1.29, 1.82) is 0 Å². The Morgan fingerprint density at radius 1 is 1.44 bits per heavy atom. The number of hydrogen-bond donors (Lipinski definition) is 2. The molecule has 2 N–H and O–H groups in total. The van der Waals surface area contributed by atoms with E-state index >= 15 is 0 Å². The number of sulfonamides is 1. The van der Waals surface area contributed by atoms with Gasteiger partial charge in [-0.1, -0.05) is 18.5 Å². The van der Waals surface area contributed by atoms with Gasteiger partial charge in [0.05, 0.1) is 4.90 Å². The van der Waals surface area contributed by atoms with Crippen LogP contribution < -0.4 is 10.0 Å². The summed E-state index contributed by atoms with van der Waals surface area (Å²) in [6.45, 7) is 5.03. The number of nitrogens with one attached hydrogen (secondary N) is 2. The molecule has 0 bridgehead atoms. The predicted molar refractivity (Wildman–Crippen MR) is 77.5 cm³/mol. The van der Waals surface area contributed by atoms with Gasteiger partial charge in [0, 0.05) is 22.1 Å². The monoisotopic (exact) mass is 354 g/mol. The van der Waals surface area contributed by atoms with Crippen molar-refractivity contribution < 1.29 is 8.42 Å². The quantitative estimate of drug-likeness (QED) is 0.824. The van der Waals surface area contributed by atoms with Gasteiger partial charge in [-0.3, -0.25) is 0 Å². The van der Waals surface area contributed by atoms with Crippen molar-refractivity contribution in [2.24, 2.45) is 0 Å². The van der Waals surface area contributed by atoms with Crippen molar-refractivity contribution in [2.75, 3.05) is 13.1 Å². The fourth-order valence-electron chi connectivity index (χ4n) is 1.43. The van der Waals surface area contributed by atoms with Crippen molar-refractivity contribution in [3.05, 3.63) is 27.7 Å². The van der Waals surface area contributed by atoms with Crippen molar-refractivity contribution in [1.82, 2.24) is 10.0 Å². The second kappa shape index (κ2) is 6.86. The number of hydrogen-bond acceptors (Lipinski definition) is 3. The molecule has 4 nitrogen and oxygen atoms in total. The van der Waals surface area contributed by atoms with E-state index in [1.54, 1.807) is 12.1 Å². The molecule has 0 saturated carbocycles. The molecule has 1 aromatic rings. The van der Waals surface area contributed by atoms with Crippen LogP contribution in [-0.4, -0.2) is 27.5 Å². The van der Waals surface area contributed by atoms with E-state index in [1.807, 2.05) is 13.8 Å². The first-order valence-electron chi connectivity index (χ1n) is 5.55. The summed E-state index contributed by atoms with van der Waals surface area (Å²) in [6, 6.07) is 4.67. The Hall–Kier alpha value is -0.140. The van der Waals surface area contributed by atoms with Gasteiger partial charge in [-0.15, -0.1) is 0 Å². The van der Waals surface area contributed by atoms with Gasteiger partial charge in [0.2, 0.25) is 10.0 Å². The third-order valence-corrected chi connectivity index (χ3v) is 4.95. The summed E-state index contributed by atoms with van der Waals surface area (Å²) in [5, 5.41) is 3.62. The summed E-state index contributed by atoms with van der Waals surface area (Å²) < 4.78 is 27.1. The fraction of sp³-hybridized carbons (Fsp3) is 0.455. The van der Waals surface area contributed by atoms with Crippen LogP contribution in [0.4, 0.5) is 0 Å². The van der Waals surface area contributed by atoms with Crippen LogP contribution in [0.3, 0.4) is 0 Å². The van der Waals surface area contributed by atoms with Crippen LogP contribution in [-0.2, 0) is 10.0 Å². The van der Waals surface area contributed by atoms with Gasteiger partial charge in [-0.05, 0) is 47.6 Å². The summed E-state index contributed by atoms with van der Waals surface area (Å²) >= 11 is 8.98.